The van der Waals surface area contributed by atoms with Crippen LogP contribution in [0.3, 0.4) is 0 Å². The number of carbonyl (C=O) groups excluding carboxylic acids is 1. The molecule has 1 aliphatic heterocycles. The Balaban J connectivity index is 1.49. The summed E-state index contributed by atoms with van der Waals surface area (Å²) in [6.45, 7) is 4.54. The van der Waals surface area contributed by atoms with Gasteiger partial charge >= 0.3 is 0 Å². The van der Waals surface area contributed by atoms with E-state index < -0.39 is 0 Å². The quantitative estimate of drug-likeness (QED) is 0.653. The molecule has 0 radical (unpaired) electrons. The van der Waals surface area contributed by atoms with Crippen molar-refractivity contribution in [1.29, 1.82) is 0 Å². The first-order chi connectivity index (χ1) is 12.2. The van der Waals surface area contributed by atoms with Crippen LogP contribution < -0.4 is 10.6 Å². The molecule has 5 nitrogen and oxygen atoms in total. The van der Waals surface area contributed by atoms with E-state index in [0.29, 0.717) is 19.0 Å². The third-order valence-corrected chi connectivity index (χ3v) is 5.52. The van der Waals surface area contributed by atoms with Gasteiger partial charge in [-0.25, -0.2) is 0 Å². The lowest BCUT2D eigenvalue weighted by molar-refractivity contribution is -0.130. The molecule has 25 heavy (non-hydrogen) atoms. The molecule has 3 rings (SSSR count). The molecule has 0 spiro atoms. The van der Waals surface area contributed by atoms with Crippen molar-refractivity contribution in [3.63, 3.8) is 0 Å². The summed E-state index contributed by atoms with van der Waals surface area (Å²) in [5, 5.41) is 8.47. The number of hydrogen-bond acceptors (Lipinski definition) is 3. The summed E-state index contributed by atoms with van der Waals surface area (Å²) in [6, 6.07) is 10.4. The maximum absolute atomic E-state index is 12.5. The number of benzene rings is 1. The number of fused-ring (bicyclic) bond motifs is 1. The molecule has 0 atom stereocenters. The molecule has 0 fully saturated rings. The SMILES string of the molecule is CN=C(NCC(=O)N1CCc2ccccc2C1)NCc1sccc1C. The molecule has 1 amide bonds. The molecule has 1 aliphatic rings. The van der Waals surface area contributed by atoms with Crippen LogP contribution in [-0.2, 0) is 24.3 Å². The number of nitrogens with one attached hydrogen (secondary N) is 2. The number of amides is 1. The zero-order valence-electron chi connectivity index (χ0n) is 14.7. The summed E-state index contributed by atoms with van der Waals surface area (Å²) in [6.07, 6.45) is 0.923. The molecule has 2 heterocycles. The van der Waals surface area contributed by atoms with Gasteiger partial charge in [0.1, 0.15) is 0 Å². The van der Waals surface area contributed by atoms with Gasteiger partial charge in [-0.05, 0) is 41.5 Å². The fraction of sp³-hybridized carbons (Fsp3) is 0.368. The Morgan fingerprint density at radius 1 is 1.24 bits per heavy atom. The summed E-state index contributed by atoms with van der Waals surface area (Å²) < 4.78 is 0. The minimum Gasteiger partial charge on any atom is -0.352 e. The van der Waals surface area contributed by atoms with E-state index in [2.05, 4.69) is 52.2 Å². The molecule has 2 N–H and O–H groups in total. The Morgan fingerprint density at radius 2 is 2.04 bits per heavy atom. The van der Waals surface area contributed by atoms with E-state index in [1.807, 2.05) is 11.0 Å². The first-order valence-electron chi connectivity index (χ1n) is 8.49. The molecule has 1 aromatic heterocycles. The summed E-state index contributed by atoms with van der Waals surface area (Å²) >= 11 is 1.72. The third-order valence-electron chi connectivity index (χ3n) is 4.50. The molecule has 0 unspecified atom stereocenters. The van der Waals surface area contributed by atoms with Gasteiger partial charge < -0.3 is 15.5 Å². The van der Waals surface area contributed by atoms with E-state index in [-0.39, 0.29) is 12.5 Å². The van der Waals surface area contributed by atoms with Crippen molar-refractivity contribution in [3.8, 4) is 0 Å². The highest BCUT2D eigenvalue weighted by molar-refractivity contribution is 7.10. The van der Waals surface area contributed by atoms with Crippen molar-refractivity contribution in [2.24, 2.45) is 4.99 Å². The van der Waals surface area contributed by atoms with Gasteiger partial charge in [0.15, 0.2) is 5.96 Å². The van der Waals surface area contributed by atoms with Gasteiger partial charge in [0, 0.05) is 25.0 Å². The van der Waals surface area contributed by atoms with Crippen LogP contribution in [0.15, 0.2) is 40.7 Å². The van der Waals surface area contributed by atoms with Gasteiger partial charge in [-0.15, -0.1) is 11.3 Å². The first kappa shape index (κ1) is 17.5. The number of hydrogen-bond donors (Lipinski definition) is 2. The standard InChI is InChI=1S/C19H24N4OS/c1-14-8-10-25-17(14)11-21-19(20-2)22-12-18(24)23-9-7-15-5-3-4-6-16(15)13-23/h3-6,8,10H,7,9,11-13H2,1-2H3,(H2,20,21,22). The highest BCUT2D eigenvalue weighted by Crippen LogP contribution is 2.18. The molecular formula is C19H24N4OS. The van der Waals surface area contributed by atoms with Crippen molar-refractivity contribution in [2.75, 3.05) is 20.1 Å². The second-order valence-corrected chi connectivity index (χ2v) is 7.14. The number of thiophene rings is 1. The lowest BCUT2D eigenvalue weighted by Crippen LogP contribution is -2.45. The molecular weight excluding hydrogens is 332 g/mol. The molecule has 0 bridgehead atoms. The van der Waals surface area contributed by atoms with Crippen LogP contribution in [-0.4, -0.2) is 36.9 Å². The zero-order valence-corrected chi connectivity index (χ0v) is 15.5. The lowest BCUT2D eigenvalue weighted by atomic mass is 10.00. The molecule has 132 valence electrons. The summed E-state index contributed by atoms with van der Waals surface area (Å²) in [5.41, 5.74) is 3.87. The topological polar surface area (TPSA) is 56.7 Å². The maximum Gasteiger partial charge on any atom is 0.242 e. The highest BCUT2D eigenvalue weighted by Gasteiger charge is 2.20. The smallest absolute Gasteiger partial charge is 0.242 e. The molecule has 0 saturated carbocycles. The van der Waals surface area contributed by atoms with Crippen LogP contribution >= 0.6 is 11.3 Å². The average Bonchev–Trinajstić information content (AvgIpc) is 3.06. The first-order valence-corrected chi connectivity index (χ1v) is 9.37. The minimum absolute atomic E-state index is 0.102. The number of nitrogens with zero attached hydrogens (tertiary/aromatic N) is 2. The predicted octanol–water partition coefficient (Wildman–Crippen LogP) is 2.31. The van der Waals surface area contributed by atoms with Crippen molar-refractivity contribution in [3.05, 3.63) is 57.3 Å². The molecule has 0 saturated heterocycles. The normalized spacial score (nSPS) is 14.2. The summed E-state index contributed by atoms with van der Waals surface area (Å²) in [7, 11) is 1.72. The molecule has 0 aliphatic carbocycles. The minimum atomic E-state index is 0.102. The van der Waals surface area contributed by atoms with Crippen LogP contribution in [0.5, 0.6) is 0 Å². The molecule has 1 aromatic carbocycles. The lowest BCUT2D eigenvalue weighted by Gasteiger charge is -2.29. The number of aliphatic imine (C=N–C) groups is 1. The van der Waals surface area contributed by atoms with Gasteiger partial charge in [0.25, 0.3) is 0 Å². The Bertz CT molecular complexity index is 768. The fourth-order valence-electron chi connectivity index (χ4n) is 2.95. The van der Waals surface area contributed by atoms with Crippen LogP contribution in [0.25, 0.3) is 0 Å². The largest absolute Gasteiger partial charge is 0.352 e. The van der Waals surface area contributed by atoms with E-state index in [9.17, 15) is 4.79 Å². The number of carbonyl (C=O) groups is 1. The fourth-order valence-corrected chi connectivity index (χ4v) is 3.80. The summed E-state index contributed by atoms with van der Waals surface area (Å²) in [4.78, 5) is 19.9. The van der Waals surface area contributed by atoms with Gasteiger partial charge in [-0.2, -0.15) is 0 Å². The van der Waals surface area contributed by atoms with Crippen LogP contribution in [0, 0.1) is 6.92 Å². The van der Waals surface area contributed by atoms with E-state index in [1.165, 1.54) is 21.6 Å². The van der Waals surface area contributed by atoms with Crippen LogP contribution in [0.1, 0.15) is 21.6 Å². The monoisotopic (exact) mass is 356 g/mol. The number of rotatable bonds is 4. The number of guanidine groups is 1. The van der Waals surface area contributed by atoms with Gasteiger partial charge in [0.05, 0.1) is 13.1 Å². The van der Waals surface area contributed by atoms with E-state index in [4.69, 9.17) is 0 Å². The van der Waals surface area contributed by atoms with Crippen LogP contribution in [0.4, 0.5) is 0 Å². The van der Waals surface area contributed by atoms with Gasteiger partial charge in [-0.1, -0.05) is 24.3 Å². The van der Waals surface area contributed by atoms with Crippen molar-refractivity contribution in [1.82, 2.24) is 15.5 Å². The zero-order chi connectivity index (χ0) is 17.6. The average molecular weight is 356 g/mol. The Morgan fingerprint density at radius 3 is 2.76 bits per heavy atom. The van der Waals surface area contributed by atoms with Crippen molar-refractivity contribution < 1.29 is 4.79 Å². The van der Waals surface area contributed by atoms with Crippen LogP contribution in [0.2, 0.25) is 0 Å². The third kappa shape index (κ3) is 4.39. The predicted molar refractivity (Wildman–Crippen MR) is 103 cm³/mol. The number of aryl methyl sites for hydroxylation is 1. The Hall–Kier alpha value is -2.34. The molecule has 2 aromatic rings. The Labute approximate surface area is 152 Å². The van der Waals surface area contributed by atoms with Gasteiger partial charge in [0.2, 0.25) is 5.91 Å². The highest BCUT2D eigenvalue weighted by atomic mass is 32.1. The Kier molecular flexibility index (Phi) is 5.71. The van der Waals surface area contributed by atoms with E-state index >= 15 is 0 Å². The van der Waals surface area contributed by atoms with E-state index in [0.717, 1.165) is 13.0 Å². The second-order valence-electron chi connectivity index (χ2n) is 6.14. The molecule has 6 heteroatoms. The summed E-state index contributed by atoms with van der Waals surface area (Å²) in [5.74, 6) is 0.753. The van der Waals surface area contributed by atoms with Crippen molar-refractivity contribution >= 4 is 23.2 Å². The second kappa shape index (κ2) is 8.16. The van der Waals surface area contributed by atoms with E-state index in [1.54, 1.807) is 18.4 Å². The maximum atomic E-state index is 12.5. The van der Waals surface area contributed by atoms with Crippen molar-refractivity contribution in [2.45, 2.75) is 26.4 Å². The van der Waals surface area contributed by atoms with Gasteiger partial charge in [-0.3, -0.25) is 9.79 Å².